The minimum absolute atomic E-state index is 0.0386. The van der Waals surface area contributed by atoms with Crippen LogP contribution in [0, 0.1) is 23.5 Å². The molecule has 1 heterocycles. The van der Waals surface area contributed by atoms with Crippen LogP contribution in [0.5, 0.6) is 5.75 Å². The zero-order valence-corrected chi connectivity index (χ0v) is 19.0. The molecule has 7 nitrogen and oxygen atoms in total. The third-order valence-corrected chi connectivity index (χ3v) is 6.41. The first-order valence-corrected chi connectivity index (χ1v) is 11.4. The molecule has 1 aliphatic carbocycles. The van der Waals surface area contributed by atoms with Gasteiger partial charge in [0, 0.05) is 13.2 Å². The third-order valence-electron chi connectivity index (χ3n) is 6.12. The molecule has 3 aromatic rings. The van der Waals surface area contributed by atoms with E-state index in [1.54, 1.807) is 0 Å². The van der Waals surface area contributed by atoms with Gasteiger partial charge in [-0.25, -0.2) is 13.8 Å². The Morgan fingerprint density at radius 3 is 2.56 bits per heavy atom. The molecule has 0 saturated heterocycles. The average Bonchev–Trinajstić information content (AvgIpc) is 2.84. The minimum atomic E-state index is -0.696. The standard InChI is InChI=1S/C24H24ClF2N3O4/c25-16-9-15(5-6-17(16)26)10-28-24(33)22-29-19-8-7-18(27)21(20(19)23(32)30-22)34-12-14-3-1-13(11-31)2-4-14/h5-9,13-14,31H,1-4,10-12H2,(H,28,33)(H,29,30,32). The number of benzene rings is 2. The van der Waals surface area contributed by atoms with Gasteiger partial charge in [0.15, 0.2) is 17.4 Å². The first-order chi connectivity index (χ1) is 16.4. The van der Waals surface area contributed by atoms with Gasteiger partial charge in [0.1, 0.15) is 11.2 Å². The molecule has 1 aromatic heterocycles. The summed E-state index contributed by atoms with van der Waals surface area (Å²) in [6.45, 7) is 0.451. The van der Waals surface area contributed by atoms with E-state index < -0.39 is 23.1 Å². The number of fused-ring (bicyclic) bond motifs is 1. The van der Waals surface area contributed by atoms with Gasteiger partial charge in [0.05, 0.1) is 17.1 Å². The third kappa shape index (κ3) is 5.37. The Balaban J connectivity index is 1.49. The average molecular weight is 492 g/mol. The van der Waals surface area contributed by atoms with Crippen LogP contribution >= 0.6 is 11.6 Å². The van der Waals surface area contributed by atoms with Gasteiger partial charge in [0.25, 0.3) is 11.5 Å². The second kappa shape index (κ2) is 10.5. The molecule has 0 radical (unpaired) electrons. The Labute approximate surface area is 199 Å². The number of halogens is 3. The maximum absolute atomic E-state index is 14.5. The fraction of sp³-hybridized carbons (Fsp3) is 0.375. The molecular formula is C24H24ClF2N3O4. The first kappa shape index (κ1) is 24.1. The van der Waals surface area contributed by atoms with Gasteiger partial charge in [-0.1, -0.05) is 17.7 Å². The van der Waals surface area contributed by atoms with E-state index >= 15 is 0 Å². The van der Waals surface area contributed by atoms with E-state index in [9.17, 15) is 23.5 Å². The maximum atomic E-state index is 14.5. The second-order valence-electron chi connectivity index (χ2n) is 8.50. The first-order valence-electron chi connectivity index (χ1n) is 11.0. The number of carbonyl (C=O) groups is 1. The highest BCUT2D eigenvalue weighted by Gasteiger charge is 2.23. The monoisotopic (exact) mass is 491 g/mol. The fourth-order valence-electron chi connectivity index (χ4n) is 4.12. The van der Waals surface area contributed by atoms with Gasteiger partial charge < -0.3 is 20.1 Å². The van der Waals surface area contributed by atoms with Gasteiger partial charge in [-0.15, -0.1) is 0 Å². The minimum Gasteiger partial charge on any atom is -0.489 e. The number of amides is 1. The van der Waals surface area contributed by atoms with Crippen molar-refractivity contribution in [3.8, 4) is 5.75 Å². The van der Waals surface area contributed by atoms with Crippen LogP contribution in [0.15, 0.2) is 35.1 Å². The fourth-order valence-corrected chi connectivity index (χ4v) is 4.33. The number of nitrogens with zero attached hydrogens (tertiary/aromatic N) is 1. The zero-order chi connectivity index (χ0) is 24.2. The molecule has 1 aliphatic rings. The van der Waals surface area contributed by atoms with Gasteiger partial charge in [-0.05, 0) is 67.3 Å². The summed E-state index contributed by atoms with van der Waals surface area (Å²) in [7, 11) is 0. The van der Waals surface area contributed by atoms with Crippen molar-refractivity contribution < 1.29 is 23.4 Å². The number of aromatic nitrogens is 2. The van der Waals surface area contributed by atoms with Crippen LogP contribution in [0.4, 0.5) is 8.78 Å². The number of hydrogen-bond donors (Lipinski definition) is 3. The van der Waals surface area contributed by atoms with Crippen LogP contribution in [-0.2, 0) is 6.54 Å². The molecule has 4 rings (SSSR count). The SMILES string of the molecule is O=C(NCc1ccc(F)c(Cl)c1)c1nc2ccc(F)c(OCC3CCC(CO)CC3)c2c(=O)[nH]1. The van der Waals surface area contributed by atoms with E-state index in [4.69, 9.17) is 16.3 Å². The Bertz CT molecular complexity index is 1260. The van der Waals surface area contributed by atoms with Crippen molar-refractivity contribution in [2.75, 3.05) is 13.2 Å². The maximum Gasteiger partial charge on any atom is 0.287 e. The number of rotatable bonds is 7. The summed E-state index contributed by atoms with van der Waals surface area (Å²) < 4.78 is 33.6. The molecule has 10 heteroatoms. The number of hydrogen-bond acceptors (Lipinski definition) is 5. The number of H-pyrrole nitrogens is 1. The second-order valence-corrected chi connectivity index (χ2v) is 8.90. The molecule has 0 unspecified atom stereocenters. The molecule has 0 spiro atoms. The van der Waals surface area contributed by atoms with Crippen molar-refractivity contribution >= 4 is 28.4 Å². The van der Waals surface area contributed by atoms with Crippen LogP contribution < -0.4 is 15.6 Å². The lowest BCUT2D eigenvalue weighted by Crippen LogP contribution is -2.28. The number of aliphatic hydroxyl groups excluding tert-OH is 1. The number of aromatic amines is 1. The van der Waals surface area contributed by atoms with E-state index in [1.165, 1.54) is 24.3 Å². The largest absolute Gasteiger partial charge is 0.489 e. The van der Waals surface area contributed by atoms with Crippen LogP contribution in [0.1, 0.15) is 41.9 Å². The number of carbonyl (C=O) groups excluding carboxylic acids is 1. The topological polar surface area (TPSA) is 104 Å². The van der Waals surface area contributed by atoms with Crippen LogP contribution in [0.2, 0.25) is 5.02 Å². The molecule has 1 amide bonds. The summed E-state index contributed by atoms with van der Waals surface area (Å²) in [5.74, 6) is -1.85. The Hall–Kier alpha value is -3.04. The van der Waals surface area contributed by atoms with Crippen molar-refractivity contribution in [1.82, 2.24) is 15.3 Å². The smallest absolute Gasteiger partial charge is 0.287 e. The lowest BCUT2D eigenvalue weighted by molar-refractivity contribution is 0.0940. The summed E-state index contributed by atoms with van der Waals surface area (Å²) in [4.78, 5) is 31.8. The summed E-state index contributed by atoms with van der Waals surface area (Å²) in [5.41, 5.74) is -0.00811. The van der Waals surface area contributed by atoms with Crippen LogP contribution in [0.25, 0.3) is 10.9 Å². The summed E-state index contributed by atoms with van der Waals surface area (Å²) >= 11 is 5.75. The van der Waals surface area contributed by atoms with E-state index in [-0.39, 0.29) is 53.2 Å². The van der Waals surface area contributed by atoms with E-state index in [1.807, 2.05) is 0 Å². The van der Waals surface area contributed by atoms with E-state index in [0.29, 0.717) is 11.5 Å². The molecule has 0 bridgehead atoms. The van der Waals surface area contributed by atoms with E-state index in [2.05, 4.69) is 15.3 Å². The number of ether oxygens (including phenoxy) is 1. The predicted molar refractivity (Wildman–Crippen MR) is 123 cm³/mol. The quantitative estimate of drug-likeness (QED) is 0.464. The highest BCUT2D eigenvalue weighted by molar-refractivity contribution is 6.30. The van der Waals surface area contributed by atoms with Crippen LogP contribution in [0.3, 0.4) is 0 Å². The Morgan fingerprint density at radius 1 is 1.15 bits per heavy atom. The molecule has 1 saturated carbocycles. The highest BCUT2D eigenvalue weighted by atomic mass is 35.5. The molecule has 1 fully saturated rings. The van der Waals surface area contributed by atoms with Crippen molar-refractivity contribution in [3.63, 3.8) is 0 Å². The van der Waals surface area contributed by atoms with Crippen molar-refractivity contribution in [2.45, 2.75) is 32.2 Å². The highest BCUT2D eigenvalue weighted by Crippen LogP contribution is 2.31. The number of nitrogens with one attached hydrogen (secondary N) is 2. The van der Waals surface area contributed by atoms with Crippen molar-refractivity contribution in [2.24, 2.45) is 11.8 Å². The van der Waals surface area contributed by atoms with Gasteiger partial charge >= 0.3 is 0 Å². The predicted octanol–water partition coefficient (Wildman–Crippen LogP) is 3.96. The molecule has 3 N–H and O–H groups in total. The normalized spacial score (nSPS) is 18.1. The molecule has 180 valence electrons. The molecule has 34 heavy (non-hydrogen) atoms. The van der Waals surface area contributed by atoms with Gasteiger partial charge in [0.2, 0.25) is 0 Å². The lowest BCUT2D eigenvalue weighted by Gasteiger charge is -2.27. The summed E-state index contributed by atoms with van der Waals surface area (Å²) in [6.07, 6.45) is 3.48. The molecule has 0 aliphatic heterocycles. The molecular weight excluding hydrogens is 468 g/mol. The molecule has 2 aromatic carbocycles. The zero-order valence-electron chi connectivity index (χ0n) is 18.2. The van der Waals surface area contributed by atoms with Gasteiger partial charge in [-0.3, -0.25) is 9.59 Å². The molecule has 0 atom stereocenters. The van der Waals surface area contributed by atoms with Crippen molar-refractivity contribution in [3.05, 3.63) is 68.7 Å². The van der Waals surface area contributed by atoms with E-state index in [0.717, 1.165) is 31.7 Å². The van der Waals surface area contributed by atoms with Crippen LogP contribution in [-0.4, -0.2) is 34.2 Å². The number of aliphatic hydroxyl groups is 1. The lowest BCUT2D eigenvalue weighted by atomic mass is 9.83. The van der Waals surface area contributed by atoms with Crippen molar-refractivity contribution in [1.29, 1.82) is 0 Å². The van der Waals surface area contributed by atoms with Gasteiger partial charge in [-0.2, -0.15) is 0 Å². The Morgan fingerprint density at radius 2 is 1.85 bits per heavy atom. The Kier molecular flexibility index (Phi) is 7.43. The summed E-state index contributed by atoms with van der Waals surface area (Å²) in [5, 5.41) is 11.7. The summed E-state index contributed by atoms with van der Waals surface area (Å²) in [6, 6.07) is 6.51.